The number of hydrogen-bond acceptors (Lipinski definition) is 3. The maximum atomic E-state index is 11.0. The van der Waals surface area contributed by atoms with Crippen LogP contribution < -0.4 is 5.32 Å². The lowest BCUT2D eigenvalue weighted by Crippen LogP contribution is -2.32. The Morgan fingerprint density at radius 3 is 3.09 bits per heavy atom. The number of hydrogen-bond donors (Lipinski definition) is 1. The van der Waals surface area contributed by atoms with Gasteiger partial charge in [0, 0.05) is 5.75 Å². The van der Waals surface area contributed by atoms with Crippen molar-refractivity contribution >= 4 is 34.4 Å². The SMILES string of the molecule is C[C@H](Cl)C(=O)NC1=NCCS1. The third kappa shape index (κ3) is 2.71. The van der Waals surface area contributed by atoms with E-state index in [1.165, 1.54) is 0 Å². The molecule has 0 aromatic carbocycles. The van der Waals surface area contributed by atoms with Gasteiger partial charge in [0.1, 0.15) is 5.38 Å². The molecule has 0 spiro atoms. The monoisotopic (exact) mass is 192 g/mol. The highest BCUT2D eigenvalue weighted by molar-refractivity contribution is 8.14. The van der Waals surface area contributed by atoms with E-state index in [0.717, 1.165) is 12.3 Å². The third-order valence-corrected chi connectivity index (χ3v) is 2.27. The van der Waals surface area contributed by atoms with Gasteiger partial charge < -0.3 is 5.32 Å². The van der Waals surface area contributed by atoms with Gasteiger partial charge in [0.05, 0.1) is 6.54 Å². The Morgan fingerprint density at radius 2 is 2.64 bits per heavy atom. The van der Waals surface area contributed by atoms with Gasteiger partial charge in [0.15, 0.2) is 5.17 Å². The number of nitrogens with zero attached hydrogens (tertiary/aromatic N) is 1. The number of carbonyl (C=O) groups excluding carboxylic acids is 1. The van der Waals surface area contributed by atoms with Gasteiger partial charge in [-0.15, -0.1) is 11.6 Å². The molecule has 0 aromatic heterocycles. The fourth-order valence-electron chi connectivity index (χ4n) is 0.616. The summed E-state index contributed by atoms with van der Waals surface area (Å²) in [4.78, 5) is 15.0. The van der Waals surface area contributed by atoms with Gasteiger partial charge in [-0.2, -0.15) is 0 Å². The van der Waals surface area contributed by atoms with E-state index in [1.54, 1.807) is 18.7 Å². The van der Waals surface area contributed by atoms with Crippen LogP contribution in [0, 0.1) is 0 Å². The first kappa shape index (κ1) is 8.87. The van der Waals surface area contributed by atoms with Gasteiger partial charge in [0.25, 0.3) is 0 Å². The summed E-state index contributed by atoms with van der Waals surface area (Å²) >= 11 is 7.08. The van der Waals surface area contributed by atoms with E-state index in [0.29, 0.717) is 5.17 Å². The Labute approximate surface area is 74.6 Å². The number of nitrogens with one attached hydrogen (secondary N) is 1. The lowest BCUT2D eigenvalue weighted by atomic mass is 10.4. The summed E-state index contributed by atoms with van der Waals surface area (Å²) in [7, 11) is 0. The van der Waals surface area contributed by atoms with Crippen LogP contribution in [0.5, 0.6) is 0 Å². The highest BCUT2D eigenvalue weighted by Gasteiger charge is 2.13. The summed E-state index contributed by atoms with van der Waals surface area (Å²) in [5.74, 6) is 0.770. The van der Waals surface area contributed by atoms with E-state index in [1.807, 2.05) is 0 Å². The molecule has 1 rings (SSSR count). The van der Waals surface area contributed by atoms with Crippen molar-refractivity contribution < 1.29 is 4.79 Å². The zero-order valence-corrected chi connectivity index (χ0v) is 7.71. The van der Waals surface area contributed by atoms with E-state index < -0.39 is 5.38 Å². The highest BCUT2D eigenvalue weighted by Crippen LogP contribution is 2.09. The molecule has 0 aromatic rings. The highest BCUT2D eigenvalue weighted by atomic mass is 35.5. The molecule has 0 fully saturated rings. The molecule has 0 saturated heterocycles. The van der Waals surface area contributed by atoms with Crippen LogP contribution in [0.15, 0.2) is 4.99 Å². The average molecular weight is 193 g/mol. The fourth-order valence-corrected chi connectivity index (χ4v) is 1.40. The molecule has 1 atom stereocenters. The fraction of sp³-hybridized carbons (Fsp3) is 0.667. The standard InChI is InChI=1S/C6H9ClN2OS/c1-4(7)5(10)9-6-8-2-3-11-6/h4H,2-3H2,1H3,(H,8,9,10)/t4-/m0/s1. The molecule has 0 radical (unpaired) electrons. The molecule has 62 valence electrons. The molecule has 0 bridgehead atoms. The number of amides is 1. The molecular weight excluding hydrogens is 184 g/mol. The zero-order valence-electron chi connectivity index (χ0n) is 6.13. The van der Waals surface area contributed by atoms with Crippen LogP contribution in [-0.4, -0.2) is 28.7 Å². The van der Waals surface area contributed by atoms with Crippen molar-refractivity contribution in [2.24, 2.45) is 4.99 Å². The quantitative estimate of drug-likeness (QED) is 0.626. The Kier molecular flexibility index (Phi) is 3.20. The molecule has 0 aliphatic carbocycles. The molecule has 1 heterocycles. The van der Waals surface area contributed by atoms with Crippen molar-refractivity contribution in [2.75, 3.05) is 12.3 Å². The van der Waals surface area contributed by atoms with E-state index >= 15 is 0 Å². The molecule has 1 aliphatic heterocycles. The zero-order chi connectivity index (χ0) is 8.27. The Hall–Kier alpha value is -0.220. The molecule has 1 N–H and O–H groups in total. The van der Waals surface area contributed by atoms with Crippen molar-refractivity contribution in [3.8, 4) is 0 Å². The molecule has 11 heavy (non-hydrogen) atoms. The smallest absolute Gasteiger partial charge is 0.243 e. The number of aliphatic imine (C=N–C) groups is 1. The van der Waals surface area contributed by atoms with Crippen LogP contribution >= 0.6 is 23.4 Å². The van der Waals surface area contributed by atoms with Gasteiger partial charge in [-0.3, -0.25) is 9.79 Å². The second-order valence-corrected chi connectivity index (χ2v) is 3.88. The number of halogens is 1. The maximum Gasteiger partial charge on any atom is 0.243 e. The van der Waals surface area contributed by atoms with Crippen molar-refractivity contribution in [3.05, 3.63) is 0 Å². The van der Waals surface area contributed by atoms with E-state index in [2.05, 4.69) is 10.3 Å². The van der Waals surface area contributed by atoms with Gasteiger partial charge >= 0.3 is 0 Å². The third-order valence-electron chi connectivity index (χ3n) is 1.18. The molecule has 0 saturated carbocycles. The van der Waals surface area contributed by atoms with Crippen LogP contribution in [0.3, 0.4) is 0 Å². The maximum absolute atomic E-state index is 11.0. The van der Waals surface area contributed by atoms with Crippen LogP contribution in [0.2, 0.25) is 0 Å². The lowest BCUT2D eigenvalue weighted by molar-refractivity contribution is -0.119. The normalized spacial score (nSPS) is 19.3. The minimum Gasteiger partial charge on any atom is -0.304 e. The van der Waals surface area contributed by atoms with Crippen LogP contribution in [0.4, 0.5) is 0 Å². The first-order chi connectivity index (χ1) is 5.20. The first-order valence-electron chi connectivity index (χ1n) is 3.32. The topological polar surface area (TPSA) is 41.5 Å². The number of amidine groups is 1. The first-order valence-corrected chi connectivity index (χ1v) is 4.74. The van der Waals surface area contributed by atoms with Gasteiger partial charge in [-0.25, -0.2) is 0 Å². The molecule has 5 heteroatoms. The number of alkyl halides is 1. The Morgan fingerprint density at radius 1 is 1.91 bits per heavy atom. The molecule has 1 aliphatic rings. The van der Waals surface area contributed by atoms with Gasteiger partial charge in [-0.1, -0.05) is 11.8 Å². The predicted molar refractivity (Wildman–Crippen MR) is 48.2 cm³/mol. The van der Waals surface area contributed by atoms with Crippen molar-refractivity contribution in [2.45, 2.75) is 12.3 Å². The molecule has 1 amide bonds. The summed E-state index contributed by atoms with van der Waals surface area (Å²) in [6, 6.07) is 0. The summed E-state index contributed by atoms with van der Waals surface area (Å²) in [5.41, 5.74) is 0. The van der Waals surface area contributed by atoms with E-state index in [4.69, 9.17) is 11.6 Å². The van der Waals surface area contributed by atoms with Gasteiger partial charge in [0.2, 0.25) is 5.91 Å². The Bertz CT molecular complexity index is 193. The second kappa shape index (κ2) is 3.97. The van der Waals surface area contributed by atoms with Crippen molar-refractivity contribution in [1.82, 2.24) is 5.32 Å². The lowest BCUT2D eigenvalue weighted by Gasteiger charge is -2.03. The predicted octanol–water partition coefficient (Wildman–Crippen LogP) is 0.833. The Balaban J connectivity index is 2.35. The molecule has 3 nitrogen and oxygen atoms in total. The minimum absolute atomic E-state index is 0.181. The average Bonchev–Trinajstić information content (AvgIpc) is 2.39. The van der Waals surface area contributed by atoms with Gasteiger partial charge in [-0.05, 0) is 6.92 Å². The molecular formula is C6H9ClN2OS. The van der Waals surface area contributed by atoms with Crippen molar-refractivity contribution in [1.29, 1.82) is 0 Å². The van der Waals surface area contributed by atoms with Crippen molar-refractivity contribution in [3.63, 3.8) is 0 Å². The largest absolute Gasteiger partial charge is 0.304 e. The van der Waals surface area contributed by atoms with E-state index in [-0.39, 0.29) is 5.91 Å². The summed E-state index contributed by atoms with van der Waals surface area (Å²) in [5, 5.41) is 2.83. The number of carbonyl (C=O) groups is 1. The van der Waals surface area contributed by atoms with Crippen LogP contribution in [-0.2, 0) is 4.79 Å². The number of thioether (sulfide) groups is 1. The van der Waals surface area contributed by atoms with Crippen LogP contribution in [0.25, 0.3) is 0 Å². The van der Waals surface area contributed by atoms with E-state index in [9.17, 15) is 4.79 Å². The summed E-state index contributed by atoms with van der Waals surface area (Å²) < 4.78 is 0. The number of rotatable bonds is 1. The second-order valence-electron chi connectivity index (χ2n) is 2.14. The summed E-state index contributed by atoms with van der Waals surface area (Å²) in [6.07, 6.45) is 0. The minimum atomic E-state index is -0.487. The summed E-state index contributed by atoms with van der Waals surface area (Å²) in [6.45, 7) is 2.42. The van der Waals surface area contributed by atoms with Crippen LogP contribution in [0.1, 0.15) is 6.92 Å². The molecule has 0 unspecified atom stereocenters.